The Labute approximate surface area is 184 Å². The van der Waals surface area contributed by atoms with Crippen LogP contribution in [0.2, 0.25) is 0 Å². The molecule has 2 N–H and O–H groups in total. The van der Waals surface area contributed by atoms with Crippen LogP contribution in [0.5, 0.6) is 0 Å². The second-order valence-corrected chi connectivity index (χ2v) is 8.09. The summed E-state index contributed by atoms with van der Waals surface area (Å²) in [5.74, 6) is -1.13. The second kappa shape index (κ2) is 10.1. The lowest BCUT2D eigenvalue weighted by Gasteiger charge is -2.16. The summed E-state index contributed by atoms with van der Waals surface area (Å²) in [4.78, 5) is 50.6. The molecule has 1 aliphatic heterocycles. The molecule has 0 aliphatic carbocycles. The third kappa shape index (κ3) is 5.82. The zero-order valence-corrected chi connectivity index (χ0v) is 18.1. The molecule has 31 heavy (non-hydrogen) atoms. The average molecular weight is 438 g/mol. The van der Waals surface area contributed by atoms with Gasteiger partial charge in [0.1, 0.15) is 6.04 Å². The van der Waals surface area contributed by atoms with Crippen LogP contribution in [0, 0.1) is 6.92 Å². The summed E-state index contributed by atoms with van der Waals surface area (Å²) in [6, 6.07) is 15.5. The van der Waals surface area contributed by atoms with Gasteiger partial charge in [0.15, 0.2) is 0 Å². The molecule has 0 spiro atoms. The lowest BCUT2D eigenvalue weighted by molar-refractivity contribution is -0.124. The van der Waals surface area contributed by atoms with E-state index in [0.717, 1.165) is 27.8 Å². The quantitative estimate of drug-likeness (QED) is 0.650. The van der Waals surface area contributed by atoms with Gasteiger partial charge in [-0.1, -0.05) is 48.0 Å². The number of benzene rings is 2. The molecule has 0 saturated carbocycles. The summed E-state index contributed by atoms with van der Waals surface area (Å²) in [5.41, 5.74) is 2.41. The van der Waals surface area contributed by atoms with E-state index in [-0.39, 0.29) is 30.1 Å². The Hall–Kier alpha value is -3.39. The number of thioether (sulfide) groups is 1. The normalized spacial score (nSPS) is 15.8. The van der Waals surface area contributed by atoms with Gasteiger partial charge in [0.25, 0.3) is 17.1 Å². The molecule has 0 aromatic heterocycles. The minimum atomic E-state index is -0.760. The van der Waals surface area contributed by atoms with E-state index in [9.17, 15) is 19.2 Å². The van der Waals surface area contributed by atoms with Crippen molar-refractivity contribution < 1.29 is 19.2 Å². The lowest BCUT2D eigenvalue weighted by Crippen LogP contribution is -2.47. The van der Waals surface area contributed by atoms with Crippen LogP contribution in [0.1, 0.15) is 28.4 Å². The van der Waals surface area contributed by atoms with E-state index in [1.807, 2.05) is 31.2 Å². The fourth-order valence-corrected chi connectivity index (χ4v) is 3.75. The average Bonchev–Trinajstić information content (AvgIpc) is 3.03. The third-order valence-corrected chi connectivity index (χ3v) is 5.57. The van der Waals surface area contributed by atoms with E-state index >= 15 is 0 Å². The monoisotopic (exact) mass is 437 g/mol. The Morgan fingerprint density at radius 3 is 2.42 bits per heavy atom. The van der Waals surface area contributed by atoms with Gasteiger partial charge in [-0.05, 0) is 49.4 Å². The summed E-state index contributed by atoms with van der Waals surface area (Å²) in [6.45, 7) is 3.70. The Balaban J connectivity index is 1.49. The van der Waals surface area contributed by atoms with E-state index in [2.05, 4.69) is 10.6 Å². The van der Waals surface area contributed by atoms with E-state index in [0.29, 0.717) is 10.5 Å². The summed E-state index contributed by atoms with van der Waals surface area (Å²) in [6.07, 6.45) is 1.68. The van der Waals surface area contributed by atoms with E-state index in [1.165, 1.54) is 0 Å². The van der Waals surface area contributed by atoms with Crippen LogP contribution in [0.15, 0.2) is 59.5 Å². The number of nitrogens with zero attached hydrogens (tertiary/aromatic N) is 1. The number of hydrogen-bond acceptors (Lipinski definition) is 5. The van der Waals surface area contributed by atoms with Crippen molar-refractivity contribution in [2.45, 2.75) is 19.9 Å². The van der Waals surface area contributed by atoms with Crippen molar-refractivity contribution in [3.05, 3.63) is 76.2 Å². The molecular formula is C23H23N3O4S. The van der Waals surface area contributed by atoms with Crippen LogP contribution in [0.3, 0.4) is 0 Å². The van der Waals surface area contributed by atoms with Gasteiger partial charge in [-0.2, -0.15) is 0 Å². The number of aryl methyl sites for hydroxylation is 1. The van der Waals surface area contributed by atoms with Crippen molar-refractivity contribution in [2.24, 2.45) is 0 Å². The Morgan fingerprint density at radius 1 is 1.06 bits per heavy atom. The topological polar surface area (TPSA) is 95.6 Å². The molecule has 1 aliphatic rings. The lowest BCUT2D eigenvalue weighted by atomic mass is 10.1. The van der Waals surface area contributed by atoms with Crippen molar-refractivity contribution in [1.29, 1.82) is 0 Å². The predicted octanol–water partition coefficient (Wildman–Crippen LogP) is 2.97. The predicted molar refractivity (Wildman–Crippen MR) is 120 cm³/mol. The minimum absolute atomic E-state index is 0.0565. The largest absolute Gasteiger partial charge is 0.353 e. The van der Waals surface area contributed by atoms with Gasteiger partial charge in [0, 0.05) is 18.7 Å². The van der Waals surface area contributed by atoms with E-state index < -0.39 is 11.9 Å². The van der Waals surface area contributed by atoms with Crippen LogP contribution in [-0.4, -0.2) is 47.0 Å². The Morgan fingerprint density at radius 2 is 1.74 bits per heavy atom. The number of amides is 4. The molecule has 3 rings (SSSR count). The highest BCUT2D eigenvalue weighted by atomic mass is 32.2. The number of carbonyl (C=O) groups excluding carboxylic acids is 4. The van der Waals surface area contributed by atoms with Crippen LogP contribution >= 0.6 is 11.8 Å². The molecule has 0 unspecified atom stereocenters. The van der Waals surface area contributed by atoms with Gasteiger partial charge in [-0.25, -0.2) is 0 Å². The number of rotatable bonds is 7. The first kappa shape index (κ1) is 22.3. The SMILES string of the molecule is Cc1ccc(/C=C2/SC(=O)N(CCNC(=O)[C@H](C)NC(=O)c3ccccc3)C2=O)cc1. The van der Waals surface area contributed by atoms with E-state index in [1.54, 1.807) is 43.3 Å². The fourth-order valence-electron chi connectivity index (χ4n) is 2.89. The first-order valence-electron chi connectivity index (χ1n) is 9.81. The minimum Gasteiger partial charge on any atom is -0.353 e. The maximum atomic E-state index is 12.5. The summed E-state index contributed by atoms with van der Waals surface area (Å²) in [7, 11) is 0. The molecule has 0 bridgehead atoms. The summed E-state index contributed by atoms with van der Waals surface area (Å²) < 4.78 is 0. The molecule has 1 heterocycles. The van der Waals surface area contributed by atoms with Gasteiger partial charge >= 0.3 is 0 Å². The highest BCUT2D eigenvalue weighted by Gasteiger charge is 2.34. The zero-order chi connectivity index (χ0) is 22.4. The van der Waals surface area contributed by atoms with Gasteiger partial charge in [-0.15, -0.1) is 0 Å². The van der Waals surface area contributed by atoms with Crippen LogP contribution in [0.4, 0.5) is 4.79 Å². The van der Waals surface area contributed by atoms with Crippen molar-refractivity contribution in [3.63, 3.8) is 0 Å². The maximum absolute atomic E-state index is 12.5. The number of carbonyl (C=O) groups is 4. The maximum Gasteiger partial charge on any atom is 0.293 e. The molecule has 2 aromatic rings. The fraction of sp³-hybridized carbons (Fsp3) is 0.217. The molecule has 160 valence electrons. The highest BCUT2D eigenvalue weighted by Crippen LogP contribution is 2.31. The Kier molecular flexibility index (Phi) is 7.25. The van der Waals surface area contributed by atoms with Crippen LogP contribution in [-0.2, 0) is 9.59 Å². The highest BCUT2D eigenvalue weighted by molar-refractivity contribution is 8.18. The van der Waals surface area contributed by atoms with Crippen LogP contribution in [0.25, 0.3) is 6.08 Å². The van der Waals surface area contributed by atoms with E-state index in [4.69, 9.17) is 0 Å². The molecule has 1 atom stereocenters. The standard InChI is InChI=1S/C23H23N3O4S/c1-15-8-10-17(11-9-15)14-19-22(29)26(23(30)31-19)13-12-24-20(27)16(2)25-21(28)18-6-4-3-5-7-18/h3-11,14,16H,12-13H2,1-2H3,(H,24,27)(H,25,28)/b19-14+/t16-/m0/s1. The summed E-state index contributed by atoms with van der Waals surface area (Å²) >= 11 is 0.881. The third-order valence-electron chi connectivity index (χ3n) is 4.66. The second-order valence-electron chi connectivity index (χ2n) is 7.10. The van der Waals surface area contributed by atoms with Gasteiger partial charge in [0.2, 0.25) is 5.91 Å². The molecule has 4 amide bonds. The van der Waals surface area contributed by atoms with Crippen molar-refractivity contribution in [2.75, 3.05) is 13.1 Å². The molecule has 8 heteroatoms. The number of hydrogen-bond donors (Lipinski definition) is 2. The van der Waals surface area contributed by atoms with Gasteiger partial charge in [-0.3, -0.25) is 24.1 Å². The van der Waals surface area contributed by atoms with Crippen LogP contribution < -0.4 is 10.6 Å². The molecule has 0 radical (unpaired) electrons. The zero-order valence-electron chi connectivity index (χ0n) is 17.3. The molecule has 1 saturated heterocycles. The molecule has 2 aromatic carbocycles. The molecule has 7 nitrogen and oxygen atoms in total. The first-order valence-corrected chi connectivity index (χ1v) is 10.6. The first-order chi connectivity index (χ1) is 14.8. The molecule has 1 fully saturated rings. The smallest absolute Gasteiger partial charge is 0.293 e. The molecular weight excluding hydrogens is 414 g/mol. The van der Waals surface area contributed by atoms with Gasteiger partial charge in [0.05, 0.1) is 4.91 Å². The number of imide groups is 1. The number of nitrogens with one attached hydrogen (secondary N) is 2. The van der Waals surface area contributed by atoms with Gasteiger partial charge < -0.3 is 10.6 Å². The van der Waals surface area contributed by atoms with Crippen molar-refractivity contribution in [1.82, 2.24) is 15.5 Å². The van der Waals surface area contributed by atoms with Crippen molar-refractivity contribution in [3.8, 4) is 0 Å². The van der Waals surface area contributed by atoms with Crippen molar-refractivity contribution >= 4 is 40.8 Å². The summed E-state index contributed by atoms with van der Waals surface area (Å²) in [5, 5.41) is 4.90. The Bertz CT molecular complexity index is 1020.